The fourth-order valence-electron chi connectivity index (χ4n) is 1.71. The Bertz CT molecular complexity index is 483. The minimum Gasteiger partial charge on any atom is -0.311 e. The van der Waals surface area contributed by atoms with E-state index in [-0.39, 0.29) is 11.3 Å². The van der Waals surface area contributed by atoms with Gasteiger partial charge in [-0.25, -0.2) is 0 Å². The highest BCUT2D eigenvalue weighted by molar-refractivity contribution is 9.10. The summed E-state index contributed by atoms with van der Waals surface area (Å²) in [6, 6.07) is 7.27. The van der Waals surface area contributed by atoms with Gasteiger partial charge >= 0.3 is 0 Å². The van der Waals surface area contributed by atoms with Crippen molar-refractivity contribution in [2.24, 2.45) is 0 Å². The highest BCUT2D eigenvalue weighted by atomic mass is 79.9. The SMILES string of the molecule is N#Cc1cc(Br)cc(N2CC(Cl)CC2=O)c1. The summed E-state index contributed by atoms with van der Waals surface area (Å²) in [6.07, 6.45) is 0.357. The Morgan fingerprint density at radius 3 is 2.81 bits per heavy atom. The molecule has 1 aliphatic heterocycles. The number of hydrogen-bond acceptors (Lipinski definition) is 2. The number of amides is 1. The predicted octanol–water partition coefficient (Wildman–Crippen LogP) is 2.66. The molecular formula is C11H8BrClN2O. The smallest absolute Gasteiger partial charge is 0.228 e. The van der Waals surface area contributed by atoms with Gasteiger partial charge in [0.1, 0.15) is 0 Å². The van der Waals surface area contributed by atoms with Crippen LogP contribution in [0.15, 0.2) is 22.7 Å². The van der Waals surface area contributed by atoms with Gasteiger partial charge in [-0.3, -0.25) is 4.79 Å². The molecule has 0 radical (unpaired) electrons. The summed E-state index contributed by atoms with van der Waals surface area (Å²) in [5.41, 5.74) is 1.24. The normalized spacial score (nSPS) is 19.9. The summed E-state index contributed by atoms with van der Waals surface area (Å²) in [4.78, 5) is 13.3. The molecule has 0 aliphatic carbocycles. The molecule has 0 N–H and O–H groups in total. The minimum atomic E-state index is -0.142. The third-order valence-corrected chi connectivity index (χ3v) is 3.15. The van der Waals surface area contributed by atoms with Crippen molar-refractivity contribution in [3.05, 3.63) is 28.2 Å². The topological polar surface area (TPSA) is 44.1 Å². The van der Waals surface area contributed by atoms with E-state index in [1.54, 1.807) is 17.0 Å². The molecule has 1 aromatic carbocycles. The van der Waals surface area contributed by atoms with Gasteiger partial charge in [0.2, 0.25) is 5.91 Å². The fourth-order valence-corrected chi connectivity index (χ4v) is 2.46. The first kappa shape index (κ1) is 11.4. The van der Waals surface area contributed by atoms with Crippen molar-refractivity contribution in [1.82, 2.24) is 0 Å². The molecule has 5 heteroatoms. The van der Waals surface area contributed by atoms with E-state index in [1.807, 2.05) is 6.07 Å². The second-order valence-corrected chi connectivity index (χ2v) is 5.15. The number of rotatable bonds is 1. The Morgan fingerprint density at radius 2 is 2.25 bits per heavy atom. The molecule has 1 atom stereocenters. The number of carbonyl (C=O) groups excluding carboxylic acids is 1. The van der Waals surface area contributed by atoms with Crippen LogP contribution in [0.4, 0.5) is 5.69 Å². The van der Waals surface area contributed by atoms with Gasteiger partial charge in [-0.05, 0) is 18.2 Å². The lowest BCUT2D eigenvalue weighted by Gasteiger charge is -2.16. The second kappa shape index (κ2) is 4.44. The van der Waals surface area contributed by atoms with Gasteiger partial charge < -0.3 is 4.90 Å². The molecule has 16 heavy (non-hydrogen) atoms. The van der Waals surface area contributed by atoms with Crippen LogP contribution >= 0.6 is 27.5 Å². The molecule has 0 spiro atoms. The average Bonchev–Trinajstić information content (AvgIpc) is 2.57. The van der Waals surface area contributed by atoms with Crippen molar-refractivity contribution < 1.29 is 4.79 Å². The van der Waals surface area contributed by atoms with Crippen LogP contribution in [0.5, 0.6) is 0 Å². The van der Waals surface area contributed by atoms with Gasteiger partial charge in [-0.2, -0.15) is 5.26 Å². The zero-order chi connectivity index (χ0) is 11.7. The zero-order valence-corrected chi connectivity index (χ0v) is 10.6. The maximum Gasteiger partial charge on any atom is 0.228 e. The van der Waals surface area contributed by atoms with E-state index in [0.29, 0.717) is 18.5 Å². The lowest BCUT2D eigenvalue weighted by molar-refractivity contribution is -0.117. The monoisotopic (exact) mass is 298 g/mol. The number of carbonyl (C=O) groups is 1. The first-order valence-corrected chi connectivity index (χ1v) is 5.98. The molecule has 0 aromatic heterocycles. The number of halogens is 2. The molecule has 1 amide bonds. The largest absolute Gasteiger partial charge is 0.311 e. The Kier molecular flexibility index (Phi) is 3.17. The molecule has 3 nitrogen and oxygen atoms in total. The van der Waals surface area contributed by atoms with E-state index >= 15 is 0 Å². The van der Waals surface area contributed by atoms with E-state index in [0.717, 1.165) is 10.2 Å². The highest BCUT2D eigenvalue weighted by Crippen LogP contribution is 2.27. The van der Waals surface area contributed by atoms with Crippen LogP contribution in [0.25, 0.3) is 0 Å². The van der Waals surface area contributed by atoms with Crippen LogP contribution in [0, 0.1) is 11.3 Å². The average molecular weight is 300 g/mol. The molecule has 0 saturated carbocycles. The molecule has 1 saturated heterocycles. The first-order chi connectivity index (χ1) is 7.60. The van der Waals surface area contributed by atoms with E-state index < -0.39 is 0 Å². The van der Waals surface area contributed by atoms with Gasteiger partial charge in [0, 0.05) is 23.1 Å². The van der Waals surface area contributed by atoms with Crippen molar-refractivity contribution in [3.63, 3.8) is 0 Å². The number of nitriles is 1. The van der Waals surface area contributed by atoms with Crippen molar-refractivity contribution in [2.75, 3.05) is 11.4 Å². The van der Waals surface area contributed by atoms with E-state index in [1.165, 1.54) is 0 Å². The van der Waals surface area contributed by atoms with Crippen LogP contribution in [0.1, 0.15) is 12.0 Å². The Labute approximate surface area is 107 Å². The van der Waals surface area contributed by atoms with Gasteiger partial charge in [-0.1, -0.05) is 15.9 Å². The Balaban J connectivity index is 2.37. The molecule has 1 fully saturated rings. The molecule has 2 rings (SSSR count). The zero-order valence-electron chi connectivity index (χ0n) is 8.28. The van der Waals surface area contributed by atoms with Crippen molar-refractivity contribution in [1.29, 1.82) is 5.26 Å². The fraction of sp³-hybridized carbons (Fsp3) is 0.273. The second-order valence-electron chi connectivity index (χ2n) is 3.62. The highest BCUT2D eigenvalue weighted by Gasteiger charge is 2.29. The van der Waals surface area contributed by atoms with Crippen LogP contribution in [-0.4, -0.2) is 17.8 Å². The van der Waals surface area contributed by atoms with Crippen LogP contribution < -0.4 is 4.90 Å². The lowest BCUT2D eigenvalue weighted by Crippen LogP contribution is -2.24. The predicted molar refractivity (Wildman–Crippen MR) is 65.5 cm³/mol. The van der Waals surface area contributed by atoms with E-state index in [9.17, 15) is 4.79 Å². The first-order valence-electron chi connectivity index (χ1n) is 4.75. The third-order valence-electron chi connectivity index (χ3n) is 2.40. The summed E-state index contributed by atoms with van der Waals surface area (Å²) in [5, 5.41) is 8.71. The number of alkyl halides is 1. The van der Waals surface area contributed by atoms with Gasteiger partial charge in [0.15, 0.2) is 0 Å². The number of anilines is 1. The van der Waals surface area contributed by atoms with Crippen LogP contribution in [-0.2, 0) is 4.79 Å². The van der Waals surface area contributed by atoms with E-state index in [4.69, 9.17) is 16.9 Å². The van der Waals surface area contributed by atoms with E-state index in [2.05, 4.69) is 22.0 Å². The molecule has 1 heterocycles. The lowest BCUT2D eigenvalue weighted by atomic mass is 10.2. The maximum atomic E-state index is 11.6. The number of benzene rings is 1. The van der Waals surface area contributed by atoms with Gasteiger partial charge in [-0.15, -0.1) is 11.6 Å². The molecule has 1 unspecified atom stereocenters. The van der Waals surface area contributed by atoms with Crippen LogP contribution in [0.2, 0.25) is 0 Å². The quantitative estimate of drug-likeness (QED) is 0.748. The summed E-state index contributed by atoms with van der Waals surface area (Å²) in [6.45, 7) is 0.502. The molecular weight excluding hydrogens is 291 g/mol. The standard InChI is InChI=1S/C11H8BrClN2O/c12-8-1-7(5-14)2-10(3-8)15-6-9(13)4-11(15)16/h1-3,9H,4,6H2. The summed E-state index contributed by atoms with van der Waals surface area (Å²) in [5.74, 6) is 0.00184. The van der Waals surface area contributed by atoms with Crippen molar-refractivity contribution in [2.45, 2.75) is 11.8 Å². The van der Waals surface area contributed by atoms with Crippen LogP contribution in [0.3, 0.4) is 0 Å². The summed E-state index contributed by atoms with van der Waals surface area (Å²) < 4.78 is 0.785. The van der Waals surface area contributed by atoms with Crippen molar-refractivity contribution in [3.8, 4) is 6.07 Å². The van der Waals surface area contributed by atoms with Crippen molar-refractivity contribution >= 4 is 39.1 Å². The molecule has 1 aliphatic rings. The van der Waals surface area contributed by atoms with Gasteiger partial charge in [0.05, 0.1) is 17.0 Å². The molecule has 82 valence electrons. The minimum absolute atomic E-state index is 0.00184. The Morgan fingerprint density at radius 1 is 1.50 bits per heavy atom. The molecule has 1 aromatic rings. The summed E-state index contributed by atoms with van der Waals surface area (Å²) >= 11 is 9.24. The molecule has 0 bridgehead atoms. The summed E-state index contributed by atoms with van der Waals surface area (Å²) in [7, 11) is 0. The third kappa shape index (κ3) is 2.21. The van der Waals surface area contributed by atoms with Gasteiger partial charge in [0.25, 0.3) is 0 Å². The Hall–Kier alpha value is -1.05. The number of nitrogens with zero attached hydrogens (tertiary/aromatic N) is 2. The number of hydrogen-bond donors (Lipinski definition) is 0. The maximum absolute atomic E-state index is 11.6.